The SMILES string of the molecule is CC1CCC(CN2C(=O)CNC(=O)C2C2CCCCC2)O1. The standard InChI is InChI=1S/C16H26N2O3/c1-11-7-8-13(21-11)10-18-14(19)9-17-16(20)15(18)12-5-3-2-4-6-12/h11-13,15H,2-10H2,1H3,(H,17,20). The maximum absolute atomic E-state index is 12.3. The summed E-state index contributed by atoms with van der Waals surface area (Å²) < 4.78 is 5.86. The predicted molar refractivity (Wildman–Crippen MR) is 78.7 cm³/mol. The molecule has 0 aromatic heterocycles. The van der Waals surface area contributed by atoms with Crippen LogP contribution < -0.4 is 5.32 Å². The first-order valence-corrected chi connectivity index (χ1v) is 8.38. The maximum atomic E-state index is 12.3. The van der Waals surface area contributed by atoms with Crippen LogP contribution in [0.1, 0.15) is 51.9 Å². The van der Waals surface area contributed by atoms with Crippen LogP contribution in [0.2, 0.25) is 0 Å². The van der Waals surface area contributed by atoms with Crippen LogP contribution in [0.15, 0.2) is 0 Å². The van der Waals surface area contributed by atoms with Gasteiger partial charge >= 0.3 is 0 Å². The Morgan fingerprint density at radius 1 is 1.14 bits per heavy atom. The molecule has 5 nitrogen and oxygen atoms in total. The van der Waals surface area contributed by atoms with Gasteiger partial charge in [0.05, 0.1) is 18.8 Å². The first kappa shape index (κ1) is 14.8. The molecule has 0 radical (unpaired) electrons. The normalized spacial score (nSPS) is 35.1. The first-order valence-electron chi connectivity index (χ1n) is 8.38. The minimum atomic E-state index is -0.272. The Morgan fingerprint density at radius 3 is 2.57 bits per heavy atom. The molecular weight excluding hydrogens is 268 g/mol. The lowest BCUT2D eigenvalue weighted by Crippen LogP contribution is -2.62. The van der Waals surface area contributed by atoms with E-state index in [9.17, 15) is 9.59 Å². The summed E-state index contributed by atoms with van der Waals surface area (Å²) in [5, 5.41) is 2.77. The van der Waals surface area contributed by atoms with Gasteiger partial charge in [0, 0.05) is 6.54 Å². The Kier molecular flexibility index (Phi) is 4.48. The zero-order valence-electron chi connectivity index (χ0n) is 12.8. The van der Waals surface area contributed by atoms with Gasteiger partial charge in [-0.05, 0) is 38.5 Å². The Bertz CT molecular complexity index is 406. The lowest BCUT2D eigenvalue weighted by Gasteiger charge is -2.41. The number of hydrogen-bond acceptors (Lipinski definition) is 3. The highest BCUT2D eigenvalue weighted by atomic mass is 16.5. The highest BCUT2D eigenvalue weighted by Crippen LogP contribution is 2.31. The molecule has 0 aromatic carbocycles. The van der Waals surface area contributed by atoms with E-state index in [4.69, 9.17) is 4.74 Å². The molecule has 3 rings (SSSR count). The van der Waals surface area contributed by atoms with Crippen LogP contribution in [0.3, 0.4) is 0 Å². The third-order valence-corrected chi connectivity index (χ3v) is 5.16. The maximum Gasteiger partial charge on any atom is 0.243 e. The fourth-order valence-electron chi connectivity index (χ4n) is 4.04. The topological polar surface area (TPSA) is 58.6 Å². The minimum absolute atomic E-state index is 0.0348. The van der Waals surface area contributed by atoms with Crippen LogP contribution in [0.25, 0.3) is 0 Å². The summed E-state index contributed by atoms with van der Waals surface area (Å²) in [4.78, 5) is 26.5. The molecule has 1 aliphatic carbocycles. The lowest BCUT2D eigenvalue weighted by molar-refractivity contribution is -0.150. The van der Waals surface area contributed by atoms with Crippen molar-refractivity contribution in [2.75, 3.05) is 13.1 Å². The quantitative estimate of drug-likeness (QED) is 0.857. The predicted octanol–water partition coefficient (Wildman–Crippen LogP) is 1.46. The number of hydrogen-bond donors (Lipinski definition) is 1. The van der Waals surface area contributed by atoms with E-state index >= 15 is 0 Å². The molecule has 2 heterocycles. The van der Waals surface area contributed by atoms with E-state index in [0.717, 1.165) is 25.7 Å². The number of piperazine rings is 1. The van der Waals surface area contributed by atoms with E-state index in [1.54, 1.807) is 0 Å². The van der Waals surface area contributed by atoms with Crippen molar-refractivity contribution in [3.05, 3.63) is 0 Å². The zero-order chi connectivity index (χ0) is 14.8. The summed E-state index contributed by atoms with van der Waals surface area (Å²) in [5.74, 6) is 0.405. The van der Waals surface area contributed by atoms with Gasteiger partial charge in [0.1, 0.15) is 6.04 Å². The molecule has 0 spiro atoms. The second kappa shape index (κ2) is 6.34. The van der Waals surface area contributed by atoms with E-state index in [1.807, 2.05) is 4.90 Å². The van der Waals surface area contributed by atoms with Gasteiger partial charge in [-0.3, -0.25) is 9.59 Å². The second-order valence-electron chi connectivity index (χ2n) is 6.75. The lowest BCUT2D eigenvalue weighted by atomic mass is 9.82. The number of rotatable bonds is 3. The molecule has 5 heteroatoms. The third kappa shape index (κ3) is 3.23. The number of ether oxygens (including phenoxy) is 1. The number of nitrogens with one attached hydrogen (secondary N) is 1. The van der Waals surface area contributed by atoms with Crippen molar-refractivity contribution in [3.8, 4) is 0 Å². The Morgan fingerprint density at radius 2 is 1.90 bits per heavy atom. The average Bonchev–Trinajstić information content (AvgIpc) is 2.89. The molecule has 2 amide bonds. The van der Waals surface area contributed by atoms with E-state index in [-0.39, 0.29) is 36.6 Å². The summed E-state index contributed by atoms with van der Waals surface area (Å²) in [5.41, 5.74) is 0. The molecule has 2 aliphatic heterocycles. The van der Waals surface area contributed by atoms with Crippen LogP contribution in [-0.2, 0) is 14.3 Å². The van der Waals surface area contributed by atoms with Gasteiger partial charge in [-0.2, -0.15) is 0 Å². The van der Waals surface area contributed by atoms with Crippen molar-refractivity contribution < 1.29 is 14.3 Å². The smallest absolute Gasteiger partial charge is 0.243 e. The summed E-state index contributed by atoms with van der Waals surface area (Å²) in [6, 6.07) is -0.272. The molecule has 21 heavy (non-hydrogen) atoms. The van der Waals surface area contributed by atoms with E-state index in [0.29, 0.717) is 12.5 Å². The molecular formula is C16H26N2O3. The molecule has 3 aliphatic rings. The third-order valence-electron chi connectivity index (χ3n) is 5.16. The molecule has 3 atom stereocenters. The Labute approximate surface area is 126 Å². The summed E-state index contributed by atoms with van der Waals surface area (Å²) >= 11 is 0. The van der Waals surface area contributed by atoms with Crippen molar-refractivity contribution in [1.82, 2.24) is 10.2 Å². The molecule has 0 bridgehead atoms. The van der Waals surface area contributed by atoms with Crippen molar-refractivity contribution in [3.63, 3.8) is 0 Å². The van der Waals surface area contributed by atoms with Gasteiger partial charge in [-0.15, -0.1) is 0 Å². The first-order chi connectivity index (χ1) is 10.1. The number of amides is 2. The summed E-state index contributed by atoms with van der Waals surface area (Å²) in [7, 11) is 0. The number of nitrogens with zero attached hydrogens (tertiary/aromatic N) is 1. The average molecular weight is 294 g/mol. The molecule has 1 saturated carbocycles. The zero-order valence-corrected chi connectivity index (χ0v) is 12.8. The molecule has 1 N–H and O–H groups in total. The number of carbonyl (C=O) groups excluding carboxylic acids is 2. The van der Waals surface area contributed by atoms with E-state index in [1.165, 1.54) is 19.3 Å². The summed E-state index contributed by atoms with van der Waals surface area (Å²) in [6.45, 7) is 2.80. The fourth-order valence-corrected chi connectivity index (χ4v) is 4.04. The van der Waals surface area contributed by atoms with Gasteiger partial charge in [0.15, 0.2) is 0 Å². The van der Waals surface area contributed by atoms with E-state index in [2.05, 4.69) is 12.2 Å². The van der Waals surface area contributed by atoms with Gasteiger partial charge in [-0.25, -0.2) is 0 Å². The van der Waals surface area contributed by atoms with Crippen molar-refractivity contribution in [1.29, 1.82) is 0 Å². The molecule has 2 saturated heterocycles. The minimum Gasteiger partial charge on any atom is -0.373 e. The number of carbonyl (C=O) groups is 2. The van der Waals surface area contributed by atoms with Gasteiger partial charge < -0.3 is 15.0 Å². The van der Waals surface area contributed by atoms with Crippen LogP contribution in [0.5, 0.6) is 0 Å². The van der Waals surface area contributed by atoms with Crippen LogP contribution in [0, 0.1) is 5.92 Å². The van der Waals surface area contributed by atoms with Crippen molar-refractivity contribution in [2.24, 2.45) is 5.92 Å². The molecule has 0 aromatic rings. The molecule has 118 valence electrons. The highest BCUT2D eigenvalue weighted by molar-refractivity contribution is 5.95. The van der Waals surface area contributed by atoms with Crippen molar-refractivity contribution in [2.45, 2.75) is 70.1 Å². The Hall–Kier alpha value is -1.10. The monoisotopic (exact) mass is 294 g/mol. The van der Waals surface area contributed by atoms with E-state index < -0.39 is 0 Å². The second-order valence-corrected chi connectivity index (χ2v) is 6.75. The molecule has 3 unspecified atom stereocenters. The van der Waals surface area contributed by atoms with Gasteiger partial charge in [0.25, 0.3) is 0 Å². The highest BCUT2D eigenvalue weighted by Gasteiger charge is 2.41. The van der Waals surface area contributed by atoms with Gasteiger partial charge in [-0.1, -0.05) is 19.3 Å². The van der Waals surface area contributed by atoms with Gasteiger partial charge in [0.2, 0.25) is 11.8 Å². The van der Waals surface area contributed by atoms with Crippen LogP contribution >= 0.6 is 0 Å². The van der Waals surface area contributed by atoms with Crippen LogP contribution in [-0.4, -0.2) is 48.1 Å². The van der Waals surface area contributed by atoms with Crippen LogP contribution in [0.4, 0.5) is 0 Å². The van der Waals surface area contributed by atoms with Crippen molar-refractivity contribution >= 4 is 11.8 Å². The summed E-state index contributed by atoms with van der Waals surface area (Å²) in [6.07, 6.45) is 8.13. The Balaban J connectivity index is 1.72. The fraction of sp³-hybridized carbons (Fsp3) is 0.875. The molecule has 3 fully saturated rings. The largest absolute Gasteiger partial charge is 0.373 e.